The van der Waals surface area contributed by atoms with Crippen molar-refractivity contribution in [3.8, 4) is 11.4 Å². The lowest BCUT2D eigenvalue weighted by Crippen LogP contribution is -2.33. The maximum Gasteiger partial charge on any atom is 0.230 e. The molecule has 0 aliphatic carbocycles. The SMILES string of the molecule is CCc1ccc(C(NC(=O)CSc2nnc(C)n2-c2ccc(OC)cc2)C(C)C)cc1. The second-order valence-electron chi connectivity index (χ2n) is 7.74. The fourth-order valence-electron chi connectivity index (χ4n) is 3.41. The fourth-order valence-corrected chi connectivity index (χ4v) is 4.21. The molecule has 6 nitrogen and oxygen atoms in total. The van der Waals surface area contributed by atoms with E-state index in [0.29, 0.717) is 5.16 Å². The molecule has 31 heavy (non-hydrogen) atoms. The second kappa shape index (κ2) is 10.5. The van der Waals surface area contributed by atoms with Crippen LogP contribution in [-0.2, 0) is 11.2 Å². The van der Waals surface area contributed by atoms with Crippen molar-refractivity contribution >= 4 is 17.7 Å². The van der Waals surface area contributed by atoms with Gasteiger partial charge in [-0.05, 0) is 54.7 Å². The Morgan fingerprint density at radius 1 is 1.10 bits per heavy atom. The van der Waals surface area contributed by atoms with Crippen molar-refractivity contribution in [2.75, 3.05) is 12.9 Å². The third-order valence-electron chi connectivity index (χ3n) is 5.19. The van der Waals surface area contributed by atoms with Crippen LogP contribution < -0.4 is 10.1 Å². The molecule has 0 aliphatic rings. The molecule has 1 aromatic heterocycles. The highest BCUT2D eigenvalue weighted by molar-refractivity contribution is 7.99. The summed E-state index contributed by atoms with van der Waals surface area (Å²) in [5.74, 6) is 2.08. The molecule has 164 valence electrons. The van der Waals surface area contributed by atoms with Gasteiger partial charge in [0.2, 0.25) is 5.91 Å². The predicted molar refractivity (Wildman–Crippen MR) is 125 cm³/mol. The van der Waals surface area contributed by atoms with Crippen molar-refractivity contribution in [2.45, 2.75) is 45.3 Å². The zero-order valence-electron chi connectivity index (χ0n) is 18.8. The van der Waals surface area contributed by atoms with E-state index in [2.05, 4.69) is 60.6 Å². The largest absolute Gasteiger partial charge is 0.497 e. The van der Waals surface area contributed by atoms with Crippen LogP contribution in [0.5, 0.6) is 5.75 Å². The van der Waals surface area contributed by atoms with Crippen LogP contribution in [0.1, 0.15) is 43.8 Å². The molecule has 0 bridgehead atoms. The lowest BCUT2D eigenvalue weighted by Gasteiger charge is -2.23. The van der Waals surface area contributed by atoms with Crippen LogP contribution in [0.3, 0.4) is 0 Å². The summed E-state index contributed by atoms with van der Waals surface area (Å²) in [5.41, 5.74) is 3.35. The number of methoxy groups -OCH3 is 1. The summed E-state index contributed by atoms with van der Waals surface area (Å²) in [5, 5.41) is 12.3. The molecule has 0 radical (unpaired) electrons. The smallest absolute Gasteiger partial charge is 0.230 e. The first-order chi connectivity index (χ1) is 14.9. The summed E-state index contributed by atoms with van der Waals surface area (Å²) >= 11 is 1.38. The van der Waals surface area contributed by atoms with Gasteiger partial charge in [-0.3, -0.25) is 9.36 Å². The predicted octanol–water partition coefficient (Wildman–Crippen LogP) is 4.75. The molecule has 0 fully saturated rings. The molecule has 7 heteroatoms. The molecular weight excluding hydrogens is 408 g/mol. The second-order valence-corrected chi connectivity index (χ2v) is 8.68. The summed E-state index contributed by atoms with van der Waals surface area (Å²) in [6.07, 6.45) is 1.00. The lowest BCUT2D eigenvalue weighted by molar-refractivity contribution is -0.119. The number of rotatable bonds is 9. The van der Waals surface area contributed by atoms with Gasteiger partial charge in [0.15, 0.2) is 5.16 Å². The number of hydrogen-bond donors (Lipinski definition) is 1. The van der Waals surface area contributed by atoms with Crippen LogP contribution in [0.25, 0.3) is 5.69 Å². The van der Waals surface area contributed by atoms with E-state index in [1.54, 1.807) is 7.11 Å². The summed E-state index contributed by atoms with van der Waals surface area (Å²) in [6.45, 7) is 8.28. The van der Waals surface area contributed by atoms with Gasteiger partial charge in [0, 0.05) is 5.69 Å². The first-order valence-corrected chi connectivity index (χ1v) is 11.5. The van der Waals surface area contributed by atoms with Crippen molar-refractivity contribution in [1.29, 1.82) is 0 Å². The van der Waals surface area contributed by atoms with Crippen molar-refractivity contribution in [3.63, 3.8) is 0 Å². The average Bonchev–Trinajstić information content (AvgIpc) is 3.16. The van der Waals surface area contributed by atoms with Crippen LogP contribution in [-0.4, -0.2) is 33.5 Å². The Hall–Kier alpha value is -2.80. The molecule has 1 heterocycles. The molecule has 0 saturated heterocycles. The highest BCUT2D eigenvalue weighted by atomic mass is 32.2. The molecular formula is C24H30N4O2S. The molecule has 2 aromatic carbocycles. The molecule has 1 amide bonds. The van der Waals surface area contributed by atoms with Crippen molar-refractivity contribution in [1.82, 2.24) is 20.1 Å². The van der Waals surface area contributed by atoms with E-state index in [0.717, 1.165) is 29.2 Å². The van der Waals surface area contributed by atoms with Crippen molar-refractivity contribution in [2.24, 2.45) is 5.92 Å². The number of benzene rings is 2. The number of carbonyl (C=O) groups excluding carboxylic acids is 1. The molecule has 0 aliphatic heterocycles. The van der Waals surface area contributed by atoms with Gasteiger partial charge < -0.3 is 10.1 Å². The topological polar surface area (TPSA) is 69.0 Å². The number of amides is 1. The van der Waals surface area contributed by atoms with E-state index in [1.807, 2.05) is 35.8 Å². The van der Waals surface area contributed by atoms with Crippen LogP contribution in [0.15, 0.2) is 53.7 Å². The van der Waals surface area contributed by atoms with Gasteiger partial charge in [0.05, 0.1) is 18.9 Å². The number of nitrogens with one attached hydrogen (secondary N) is 1. The van der Waals surface area contributed by atoms with E-state index in [9.17, 15) is 4.79 Å². The number of aryl methyl sites for hydroxylation is 2. The number of carbonyl (C=O) groups is 1. The van der Waals surface area contributed by atoms with Gasteiger partial charge in [-0.2, -0.15) is 0 Å². The van der Waals surface area contributed by atoms with Gasteiger partial charge in [-0.1, -0.05) is 56.8 Å². The summed E-state index contributed by atoms with van der Waals surface area (Å²) in [4.78, 5) is 12.8. The summed E-state index contributed by atoms with van der Waals surface area (Å²) < 4.78 is 7.18. The normalized spacial score (nSPS) is 12.1. The van der Waals surface area contributed by atoms with Gasteiger partial charge in [-0.15, -0.1) is 10.2 Å². The highest BCUT2D eigenvalue weighted by Crippen LogP contribution is 2.25. The Bertz CT molecular complexity index is 997. The molecule has 0 spiro atoms. The molecule has 1 N–H and O–H groups in total. The van der Waals surface area contributed by atoms with E-state index in [1.165, 1.54) is 17.3 Å². The number of ether oxygens (including phenoxy) is 1. The van der Waals surface area contributed by atoms with E-state index >= 15 is 0 Å². The van der Waals surface area contributed by atoms with Gasteiger partial charge in [0.25, 0.3) is 0 Å². The Balaban J connectivity index is 1.68. The monoisotopic (exact) mass is 438 g/mol. The van der Waals surface area contributed by atoms with Gasteiger partial charge >= 0.3 is 0 Å². The van der Waals surface area contributed by atoms with Crippen LogP contribution in [0, 0.1) is 12.8 Å². The third kappa shape index (κ3) is 5.67. The minimum atomic E-state index is -0.0276. The Labute approximate surface area is 188 Å². The number of hydrogen-bond acceptors (Lipinski definition) is 5. The number of nitrogens with zero attached hydrogens (tertiary/aromatic N) is 3. The maximum absolute atomic E-state index is 12.8. The van der Waals surface area contributed by atoms with E-state index in [4.69, 9.17) is 4.74 Å². The molecule has 0 saturated carbocycles. The van der Waals surface area contributed by atoms with Crippen LogP contribution >= 0.6 is 11.8 Å². The molecule has 3 aromatic rings. The number of aromatic nitrogens is 3. The van der Waals surface area contributed by atoms with E-state index in [-0.39, 0.29) is 23.6 Å². The minimum Gasteiger partial charge on any atom is -0.497 e. The molecule has 1 atom stereocenters. The third-order valence-corrected chi connectivity index (χ3v) is 6.12. The van der Waals surface area contributed by atoms with Crippen LogP contribution in [0.2, 0.25) is 0 Å². The van der Waals surface area contributed by atoms with Gasteiger partial charge in [0.1, 0.15) is 11.6 Å². The zero-order valence-corrected chi connectivity index (χ0v) is 19.6. The standard InChI is InChI=1S/C24H30N4O2S/c1-6-18-7-9-19(10-8-18)23(16(2)3)25-22(29)15-31-24-27-26-17(4)28(24)20-11-13-21(30-5)14-12-20/h7-14,16,23H,6,15H2,1-5H3,(H,25,29). The van der Waals surface area contributed by atoms with E-state index < -0.39 is 0 Å². The average molecular weight is 439 g/mol. The summed E-state index contributed by atoms with van der Waals surface area (Å²) in [6, 6.07) is 16.2. The Morgan fingerprint density at radius 2 is 1.77 bits per heavy atom. The Morgan fingerprint density at radius 3 is 2.35 bits per heavy atom. The highest BCUT2D eigenvalue weighted by Gasteiger charge is 2.20. The lowest BCUT2D eigenvalue weighted by atomic mass is 9.95. The van der Waals surface area contributed by atoms with Crippen molar-refractivity contribution < 1.29 is 9.53 Å². The molecule has 3 rings (SSSR count). The quantitative estimate of drug-likeness (QED) is 0.488. The maximum atomic E-state index is 12.8. The first-order valence-electron chi connectivity index (χ1n) is 10.5. The summed E-state index contributed by atoms with van der Waals surface area (Å²) in [7, 11) is 1.64. The Kier molecular flexibility index (Phi) is 7.74. The molecule has 1 unspecified atom stereocenters. The van der Waals surface area contributed by atoms with Crippen molar-refractivity contribution in [3.05, 3.63) is 65.5 Å². The van der Waals surface area contributed by atoms with Gasteiger partial charge in [-0.25, -0.2) is 0 Å². The first kappa shape index (κ1) is 22.9. The minimum absolute atomic E-state index is 0.0230. The van der Waals surface area contributed by atoms with Crippen LogP contribution in [0.4, 0.5) is 0 Å². The number of thioether (sulfide) groups is 1. The zero-order chi connectivity index (χ0) is 22.4. The fraction of sp³-hybridized carbons (Fsp3) is 0.375.